The molecule has 0 aliphatic rings. The monoisotopic (exact) mass is 354 g/mol. The molecular formula is C19H18N2OS2. The molecule has 24 heavy (non-hydrogen) atoms. The van der Waals surface area contributed by atoms with E-state index in [1.807, 2.05) is 43.3 Å². The molecule has 0 fully saturated rings. The summed E-state index contributed by atoms with van der Waals surface area (Å²) in [5.41, 5.74) is 3.15. The lowest BCUT2D eigenvalue weighted by Crippen LogP contribution is -2.13. The molecule has 0 saturated carbocycles. The van der Waals surface area contributed by atoms with Crippen LogP contribution in [0, 0.1) is 6.92 Å². The minimum atomic E-state index is -0.0105. The number of para-hydroxylation sites is 1. The van der Waals surface area contributed by atoms with E-state index in [9.17, 15) is 4.79 Å². The van der Waals surface area contributed by atoms with Gasteiger partial charge in [-0.1, -0.05) is 60.3 Å². The Morgan fingerprint density at radius 1 is 1.08 bits per heavy atom. The van der Waals surface area contributed by atoms with E-state index in [1.54, 1.807) is 11.3 Å². The first-order chi connectivity index (χ1) is 11.7. The number of nitrogens with one attached hydrogen (secondary N) is 1. The molecule has 2 aromatic carbocycles. The molecule has 1 aromatic heterocycles. The van der Waals surface area contributed by atoms with Gasteiger partial charge in [-0.15, -0.1) is 11.3 Å². The number of anilines is 1. The number of hydrogen-bond acceptors (Lipinski definition) is 4. The highest BCUT2D eigenvalue weighted by atomic mass is 32.2. The first kappa shape index (κ1) is 16.7. The fourth-order valence-electron chi connectivity index (χ4n) is 2.25. The summed E-state index contributed by atoms with van der Waals surface area (Å²) >= 11 is 3.16. The number of hydrogen-bond donors (Lipinski definition) is 1. The van der Waals surface area contributed by atoms with E-state index in [0.29, 0.717) is 5.75 Å². The van der Waals surface area contributed by atoms with Crippen molar-refractivity contribution in [2.75, 3.05) is 11.1 Å². The lowest BCUT2D eigenvalue weighted by atomic mass is 10.1. The Morgan fingerprint density at radius 2 is 1.75 bits per heavy atom. The molecule has 0 unspecified atom stereocenters. The zero-order chi connectivity index (χ0) is 16.8. The highest BCUT2D eigenvalue weighted by Crippen LogP contribution is 2.29. The lowest BCUT2D eigenvalue weighted by Gasteiger charge is -2.03. The Hall–Kier alpha value is -2.11. The summed E-state index contributed by atoms with van der Waals surface area (Å²) in [7, 11) is 0. The fraction of sp³-hybridized carbons (Fsp3) is 0.158. The molecule has 0 aliphatic heterocycles. The molecule has 0 atom stereocenters. The summed E-state index contributed by atoms with van der Waals surface area (Å²) in [5.74, 6) is 0.357. The van der Waals surface area contributed by atoms with E-state index in [0.717, 1.165) is 22.1 Å². The van der Waals surface area contributed by atoms with Crippen LogP contribution in [-0.2, 0) is 11.2 Å². The van der Waals surface area contributed by atoms with Crippen LogP contribution in [-0.4, -0.2) is 16.6 Å². The van der Waals surface area contributed by atoms with Crippen LogP contribution in [0.4, 0.5) is 5.69 Å². The zero-order valence-electron chi connectivity index (χ0n) is 13.4. The molecular weight excluding hydrogens is 336 g/mol. The van der Waals surface area contributed by atoms with Gasteiger partial charge in [0.15, 0.2) is 4.34 Å². The molecule has 0 aliphatic carbocycles. The molecule has 122 valence electrons. The van der Waals surface area contributed by atoms with E-state index < -0.39 is 0 Å². The molecule has 1 amide bonds. The number of nitrogens with zero attached hydrogens (tertiary/aromatic N) is 1. The van der Waals surface area contributed by atoms with Crippen molar-refractivity contribution in [1.29, 1.82) is 0 Å². The smallest absolute Gasteiger partial charge is 0.234 e. The second-order valence-corrected chi connectivity index (χ2v) is 7.66. The van der Waals surface area contributed by atoms with Crippen LogP contribution in [0.2, 0.25) is 0 Å². The predicted octanol–water partition coefficient (Wildman–Crippen LogP) is 4.77. The van der Waals surface area contributed by atoms with Crippen molar-refractivity contribution in [3.8, 4) is 0 Å². The minimum Gasteiger partial charge on any atom is -0.325 e. The van der Waals surface area contributed by atoms with Crippen LogP contribution in [0.1, 0.15) is 16.1 Å². The van der Waals surface area contributed by atoms with Gasteiger partial charge >= 0.3 is 0 Å². The Bertz CT molecular complexity index is 801. The third kappa shape index (κ3) is 4.69. The second-order valence-electron chi connectivity index (χ2n) is 5.35. The largest absolute Gasteiger partial charge is 0.325 e. The summed E-state index contributed by atoms with van der Waals surface area (Å²) < 4.78 is 0.946. The van der Waals surface area contributed by atoms with Gasteiger partial charge in [-0.25, -0.2) is 4.98 Å². The van der Waals surface area contributed by atoms with E-state index in [2.05, 4.69) is 34.6 Å². The Labute approximate surface area is 150 Å². The number of aromatic nitrogens is 1. The van der Waals surface area contributed by atoms with Gasteiger partial charge in [-0.05, 0) is 24.6 Å². The first-order valence-electron chi connectivity index (χ1n) is 7.68. The highest BCUT2D eigenvalue weighted by molar-refractivity contribution is 8.01. The van der Waals surface area contributed by atoms with E-state index in [-0.39, 0.29) is 5.91 Å². The summed E-state index contributed by atoms with van der Waals surface area (Å²) in [5, 5.41) is 2.89. The molecule has 3 aromatic rings. The molecule has 0 radical (unpaired) electrons. The maximum absolute atomic E-state index is 12.0. The minimum absolute atomic E-state index is 0.0105. The molecule has 1 heterocycles. The summed E-state index contributed by atoms with van der Waals surface area (Å²) in [6, 6.07) is 19.9. The van der Waals surface area contributed by atoms with Crippen molar-refractivity contribution >= 4 is 34.7 Å². The van der Waals surface area contributed by atoms with E-state index in [1.165, 1.54) is 22.2 Å². The molecule has 3 nitrogen and oxygen atoms in total. The summed E-state index contributed by atoms with van der Waals surface area (Å²) in [4.78, 5) is 17.9. The van der Waals surface area contributed by atoms with Gasteiger partial charge in [0.05, 0.1) is 11.4 Å². The highest BCUT2D eigenvalue weighted by Gasteiger charge is 2.11. The number of thiazole rings is 1. The molecule has 3 rings (SSSR count). The molecule has 0 saturated heterocycles. The summed E-state index contributed by atoms with van der Waals surface area (Å²) in [6.45, 7) is 2.03. The van der Waals surface area contributed by atoms with Crippen molar-refractivity contribution < 1.29 is 4.79 Å². The van der Waals surface area contributed by atoms with Crippen LogP contribution < -0.4 is 5.32 Å². The van der Waals surface area contributed by atoms with Crippen LogP contribution in [0.15, 0.2) is 65.0 Å². The van der Waals surface area contributed by atoms with Crippen molar-refractivity contribution in [2.24, 2.45) is 0 Å². The normalized spacial score (nSPS) is 10.5. The predicted molar refractivity (Wildman–Crippen MR) is 102 cm³/mol. The quantitative estimate of drug-likeness (QED) is 0.648. The third-order valence-corrected chi connectivity index (χ3v) is 5.77. The summed E-state index contributed by atoms with van der Waals surface area (Å²) in [6.07, 6.45) is 0.890. The van der Waals surface area contributed by atoms with Crippen molar-refractivity contribution in [3.05, 3.63) is 76.8 Å². The number of carbonyl (C=O) groups excluding carboxylic acids is 1. The van der Waals surface area contributed by atoms with Gasteiger partial charge in [-0.2, -0.15) is 0 Å². The van der Waals surface area contributed by atoms with Crippen LogP contribution in [0.25, 0.3) is 0 Å². The third-order valence-electron chi connectivity index (χ3n) is 3.46. The fourth-order valence-corrected chi connectivity index (χ4v) is 4.32. The van der Waals surface area contributed by atoms with Gasteiger partial charge in [0.25, 0.3) is 0 Å². The number of rotatable bonds is 6. The van der Waals surface area contributed by atoms with Crippen LogP contribution in [0.3, 0.4) is 0 Å². The number of amides is 1. The number of aryl methyl sites for hydroxylation is 1. The van der Waals surface area contributed by atoms with Crippen molar-refractivity contribution in [2.45, 2.75) is 17.7 Å². The number of benzene rings is 2. The van der Waals surface area contributed by atoms with Crippen molar-refractivity contribution in [3.63, 3.8) is 0 Å². The molecule has 0 bridgehead atoms. The standard InChI is InChI=1S/C19H18N2OS2/c1-14-17(12-15-8-4-2-5-9-15)24-19(20-14)23-13-18(22)21-16-10-6-3-7-11-16/h2-11H,12-13H2,1H3,(H,21,22). The Balaban J connectivity index is 1.56. The number of thioether (sulfide) groups is 1. The van der Waals surface area contributed by atoms with Crippen molar-refractivity contribution in [1.82, 2.24) is 4.98 Å². The van der Waals surface area contributed by atoms with E-state index in [4.69, 9.17) is 0 Å². The van der Waals surface area contributed by atoms with Crippen LogP contribution in [0.5, 0.6) is 0 Å². The SMILES string of the molecule is Cc1nc(SCC(=O)Nc2ccccc2)sc1Cc1ccccc1. The lowest BCUT2D eigenvalue weighted by molar-refractivity contribution is -0.113. The van der Waals surface area contributed by atoms with Crippen LogP contribution >= 0.6 is 23.1 Å². The van der Waals surface area contributed by atoms with Gasteiger partial charge in [0.1, 0.15) is 0 Å². The second kappa shape index (κ2) is 8.13. The van der Waals surface area contributed by atoms with Gasteiger partial charge in [-0.3, -0.25) is 4.79 Å². The number of carbonyl (C=O) groups is 1. The zero-order valence-corrected chi connectivity index (χ0v) is 15.0. The molecule has 0 spiro atoms. The maximum Gasteiger partial charge on any atom is 0.234 e. The van der Waals surface area contributed by atoms with Gasteiger partial charge in [0, 0.05) is 17.0 Å². The molecule has 1 N–H and O–H groups in total. The topological polar surface area (TPSA) is 42.0 Å². The maximum atomic E-state index is 12.0. The Morgan fingerprint density at radius 3 is 2.46 bits per heavy atom. The first-order valence-corrected chi connectivity index (χ1v) is 9.49. The van der Waals surface area contributed by atoms with E-state index >= 15 is 0 Å². The average molecular weight is 355 g/mol. The average Bonchev–Trinajstić information content (AvgIpc) is 2.95. The molecule has 5 heteroatoms. The van der Waals surface area contributed by atoms with Gasteiger partial charge < -0.3 is 5.32 Å². The van der Waals surface area contributed by atoms with Gasteiger partial charge in [0.2, 0.25) is 5.91 Å². The Kier molecular flexibility index (Phi) is 5.67.